The van der Waals surface area contributed by atoms with E-state index >= 15 is 0 Å². The highest BCUT2D eigenvalue weighted by Crippen LogP contribution is 2.28. The first-order valence-electron chi connectivity index (χ1n) is 8.25. The van der Waals surface area contributed by atoms with Gasteiger partial charge < -0.3 is 15.3 Å². The zero-order valence-corrected chi connectivity index (χ0v) is 13.7. The smallest absolute Gasteiger partial charge is 0.0546 e. The average Bonchev–Trinajstić information content (AvgIpc) is 2.43. The number of nitrogens with one attached hydrogen (secondary N) is 1. The van der Waals surface area contributed by atoms with E-state index < -0.39 is 0 Å². The van der Waals surface area contributed by atoms with Crippen molar-refractivity contribution in [2.45, 2.75) is 45.3 Å². The van der Waals surface area contributed by atoms with Crippen LogP contribution in [0.2, 0.25) is 0 Å². The third-order valence-electron chi connectivity index (χ3n) is 4.51. The lowest BCUT2D eigenvalue weighted by molar-refractivity contribution is 0.0279. The normalized spacial score (nSPS) is 23.1. The second-order valence-corrected chi connectivity index (χ2v) is 6.56. The van der Waals surface area contributed by atoms with Gasteiger partial charge in [-0.05, 0) is 57.8 Å². The fourth-order valence-corrected chi connectivity index (χ4v) is 3.16. The van der Waals surface area contributed by atoms with Crippen LogP contribution < -0.4 is 5.32 Å². The molecule has 1 saturated carbocycles. The molecule has 0 saturated heterocycles. The lowest BCUT2D eigenvalue weighted by atomic mass is 9.82. The molecule has 3 nitrogen and oxygen atoms in total. The third kappa shape index (κ3) is 5.10. The summed E-state index contributed by atoms with van der Waals surface area (Å²) in [6, 6.07) is 9.30. The van der Waals surface area contributed by atoms with Crippen LogP contribution in [0.4, 0.5) is 0 Å². The minimum atomic E-state index is -0.0366. The van der Waals surface area contributed by atoms with Crippen molar-refractivity contribution in [2.75, 3.05) is 26.7 Å². The first-order chi connectivity index (χ1) is 10.1. The van der Waals surface area contributed by atoms with Gasteiger partial charge in [0.15, 0.2) is 0 Å². The second-order valence-electron chi connectivity index (χ2n) is 6.56. The molecule has 1 aliphatic rings. The summed E-state index contributed by atoms with van der Waals surface area (Å²) in [5.41, 5.74) is 2.70. The molecule has 0 aliphatic heterocycles. The lowest BCUT2D eigenvalue weighted by Gasteiger charge is -2.35. The summed E-state index contributed by atoms with van der Waals surface area (Å²) in [6.07, 6.45) is 3.06. The Morgan fingerprint density at radius 3 is 2.52 bits per heavy atom. The number of aliphatic hydroxyl groups is 1. The van der Waals surface area contributed by atoms with Crippen LogP contribution in [0, 0.1) is 12.8 Å². The van der Waals surface area contributed by atoms with E-state index in [1.54, 1.807) is 0 Å². The third-order valence-corrected chi connectivity index (χ3v) is 4.51. The number of rotatable bonds is 8. The van der Waals surface area contributed by atoms with E-state index in [1.807, 2.05) is 0 Å². The molecule has 1 atom stereocenters. The fraction of sp³-hybridized carbons (Fsp3) is 0.667. The van der Waals surface area contributed by atoms with Crippen LogP contribution in [-0.4, -0.2) is 42.8 Å². The van der Waals surface area contributed by atoms with Crippen LogP contribution in [-0.2, 0) is 0 Å². The average molecular weight is 290 g/mol. The summed E-state index contributed by atoms with van der Waals surface area (Å²) >= 11 is 0. The Bertz CT molecular complexity index is 412. The van der Waals surface area contributed by atoms with E-state index in [0.29, 0.717) is 12.0 Å². The maximum absolute atomic E-state index is 9.36. The number of nitrogens with zero attached hydrogens (tertiary/aromatic N) is 1. The molecule has 0 aromatic heterocycles. The highest BCUT2D eigenvalue weighted by Gasteiger charge is 2.27. The van der Waals surface area contributed by atoms with Gasteiger partial charge in [-0.2, -0.15) is 0 Å². The Balaban J connectivity index is 1.80. The highest BCUT2D eigenvalue weighted by molar-refractivity contribution is 5.24. The quantitative estimate of drug-likeness (QED) is 0.773. The SMILES string of the molecule is CCNC(CCN(C)CC1CC(O)C1)c1ccc(C)cc1. The zero-order chi connectivity index (χ0) is 15.2. The molecule has 2 rings (SSSR count). The molecule has 0 spiro atoms. The Hall–Kier alpha value is -0.900. The number of hydrogen-bond donors (Lipinski definition) is 2. The van der Waals surface area contributed by atoms with Gasteiger partial charge in [0.1, 0.15) is 0 Å². The molecular weight excluding hydrogens is 260 g/mol. The summed E-state index contributed by atoms with van der Waals surface area (Å²) in [5.74, 6) is 0.696. The number of benzene rings is 1. The van der Waals surface area contributed by atoms with Gasteiger partial charge in [0, 0.05) is 12.6 Å². The molecule has 2 N–H and O–H groups in total. The lowest BCUT2D eigenvalue weighted by Crippen LogP contribution is -2.38. The zero-order valence-electron chi connectivity index (χ0n) is 13.7. The van der Waals surface area contributed by atoms with E-state index in [9.17, 15) is 5.11 Å². The van der Waals surface area contributed by atoms with E-state index in [0.717, 1.165) is 38.9 Å². The molecular formula is C18H30N2O. The minimum absolute atomic E-state index is 0.0366. The van der Waals surface area contributed by atoms with Gasteiger partial charge in [0.2, 0.25) is 0 Å². The standard InChI is InChI=1S/C18H30N2O/c1-4-19-18(16-7-5-14(2)6-8-16)9-10-20(3)13-15-11-17(21)12-15/h5-8,15,17-19,21H,4,9-13H2,1-3H3. The van der Waals surface area contributed by atoms with E-state index in [1.165, 1.54) is 11.1 Å². The van der Waals surface area contributed by atoms with Crippen LogP contribution in [0.3, 0.4) is 0 Å². The molecule has 1 unspecified atom stereocenters. The molecule has 118 valence electrons. The van der Waals surface area contributed by atoms with Crippen molar-refractivity contribution in [1.82, 2.24) is 10.2 Å². The molecule has 1 aromatic rings. The summed E-state index contributed by atoms with van der Waals surface area (Å²) in [7, 11) is 2.20. The van der Waals surface area contributed by atoms with Crippen LogP contribution in [0.15, 0.2) is 24.3 Å². The second kappa shape index (κ2) is 7.92. The van der Waals surface area contributed by atoms with Crippen molar-refractivity contribution in [3.05, 3.63) is 35.4 Å². The minimum Gasteiger partial charge on any atom is -0.393 e. The largest absolute Gasteiger partial charge is 0.393 e. The van der Waals surface area contributed by atoms with Gasteiger partial charge in [-0.25, -0.2) is 0 Å². The van der Waals surface area contributed by atoms with E-state index in [2.05, 4.69) is 55.4 Å². The topological polar surface area (TPSA) is 35.5 Å². The number of hydrogen-bond acceptors (Lipinski definition) is 3. The molecule has 1 aromatic carbocycles. The van der Waals surface area contributed by atoms with Crippen LogP contribution in [0.1, 0.15) is 43.4 Å². The molecule has 0 amide bonds. The van der Waals surface area contributed by atoms with Crippen molar-refractivity contribution >= 4 is 0 Å². The van der Waals surface area contributed by atoms with Crippen LogP contribution in [0.25, 0.3) is 0 Å². The first-order valence-corrected chi connectivity index (χ1v) is 8.25. The predicted octanol–water partition coefficient (Wildman–Crippen LogP) is 2.74. The van der Waals surface area contributed by atoms with Crippen LogP contribution in [0.5, 0.6) is 0 Å². The maximum atomic E-state index is 9.36. The molecule has 21 heavy (non-hydrogen) atoms. The van der Waals surface area contributed by atoms with Gasteiger partial charge in [0.25, 0.3) is 0 Å². The monoisotopic (exact) mass is 290 g/mol. The van der Waals surface area contributed by atoms with Crippen molar-refractivity contribution in [1.29, 1.82) is 0 Å². The molecule has 0 radical (unpaired) electrons. The Morgan fingerprint density at radius 2 is 1.95 bits per heavy atom. The van der Waals surface area contributed by atoms with Crippen molar-refractivity contribution in [3.8, 4) is 0 Å². The summed E-state index contributed by atoms with van der Waals surface area (Å²) in [4.78, 5) is 2.41. The molecule has 1 fully saturated rings. The summed E-state index contributed by atoms with van der Waals surface area (Å²) in [6.45, 7) is 7.51. The van der Waals surface area contributed by atoms with E-state index in [4.69, 9.17) is 0 Å². The molecule has 3 heteroatoms. The fourth-order valence-electron chi connectivity index (χ4n) is 3.16. The molecule has 0 heterocycles. The predicted molar refractivity (Wildman–Crippen MR) is 88.4 cm³/mol. The molecule has 1 aliphatic carbocycles. The Labute approximate surface area is 129 Å². The summed E-state index contributed by atoms with van der Waals surface area (Å²) in [5, 5.41) is 13.0. The highest BCUT2D eigenvalue weighted by atomic mass is 16.3. The van der Waals surface area contributed by atoms with Gasteiger partial charge in [-0.1, -0.05) is 36.8 Å². The number of aryl methyl sites for hydroxylation is 1. The van der Waals surface area contributed by atoms with Crippen molar-refractivity contribution in [3.63, 3.8) is 0 Å². The first kappa shape index (κ1) is 16.5. The molecule has 0 bridgehead atoms. The number of aliphatic hydroxyl groups excluding tert-OH is 1. The van der Waals surface area contributed by atoms with Gasteiger partial charge in [0.05, 0.1) is 6.10 Å². The van der Waals surface area contributed by atoms with Crippen molar-refractivity contribution in [2.24, 2.45) is 5.92 Å². The maximum Gasteiger partial charge on any atom is 0.0546 e. The van der Waals surface area contributed by atoms with Gasteiger partial charge in [-0.15, -0.1) is 0 Å². The Morgan fingerprint density at radius 1 is 1.29 bits per heavy atom. The summed E-state index contributed by atoms with van der Waals surface area (Å²) < 4.78 is 0. The van der Waals surface area contributed by atoms with Crippen LogP contribution >= 0.6 is 0 Å². The van der Waals surface area contributed by atoms with Gasteiger partial charge in [-0.3, -0.25) is 0 Å². The Kier molecular flexibility index (Phi) is 6.22. The van der Waals surface area contributed by atoms with E-state index in [-0.39, 0.29) is 6.10 Å². The van der Waals surface area contributed by atoms with Gasteiger partial charge >= 0.3 is 0 Å². The van der Waals surface area contributed by atoms with Crippen molar-refractivity contribution < 1.29 is 5.11 Å².